The number of benzene rings is 2. The first kappa shape index (κ1) is 19.6. The first-order valence-electron chi connectivity index (χ1n) is 9.91. The fraction of sp³-hybridized carbons (Fsp3) is 0.364. The summed E-state index contributed by atoms with van der Waals surface area (Å²) in [5.41, 5.74) is 1.81. The Hall–Kier alpha value is -2.67. The Kier molecular flexibility index (Phi) is 5.41. The van der Waals surface area contributed by atoms with Gasteiger partial charge in [-0.15, -0.1) is 0 Å². The van der Waals surface area contributed by atoms with Gasteiger partial charge in [-0.2, -0.15) is 0 Å². The van der Waals surface area contributed by atoms with Crippen LogP contribution in [0, 0.1) is 0 Å². The number of para-hydroxylation sites is 1. The number of hydrogen-bond donors (Lipinski definition) is 0. The molecule has 152 valence electrons. The van der Waals surface area contributed by atoms with Crippen molar-refractivity contribution >= 4 is 27.5 Å². The fourth-order valence-electron chi connectivity index (χ4n) is 3.93. The quantitative estimate of drug-likeness (QED) is 0.717. The number of esters is 1. The SMILES string of the molecule is O=C(O[C@@H]1CCCCC1=O)c1cccc(S(=O)(=O)N2CCCc3ccccc32)c1. The van der Waals surface area contributed by atoms with Crippen LogP contribution in [-0.2, 0) is 26.0 Å². The van der Waals surface area contributed by atoms with Crippen LogP contribution < -0.4 is 4.31 Å². The van der Waals surface area contributed by atoms with Gasteiger partial charge in [-0.05, 0) is 61.9 Å². The molecule has 7 heteroatoms. The molecule has 29 heavy (non-hydrogen) atoms. The van der Waals surface area contributed by atoms with Crippen molar-refractivity contribution in [3.8, 4) is 0 Å². The molecule has 2 aliphatic rings. The van der Waals surface area contributed by atoms with Gasteiger partial charge in [-0.1, -0.05) is 24.3 Å². The molecule has 4 rings (SSSR count). The van der Waals surface area contributed by atoms with Crippen LogP contribution in [-0.4, -0.2) is 32.8 Å². The van der Waals surface area contributed by atoms with E-state index in [0.717, 1.165) is 31.2 Å². The van der Waals surface area contributed by atoms with E-state index in [4.69, 9.17) is 4.74 Å². The normalized spacial score (nSPS) is 19.5. The van der Waals surface area contributed by atoms with Gasteiger partial charge in [0, 0.05) is 13.0 Å². The Morgan fingerprint density at radius 1 is 1.00 bits per heavy atom. The number of fused-ring (bicyclic) bond motifs is 1. The summed E-state index contributed by atoms with van der Waals surface area (Å²) in [4.78, 5) is 24.5. The van der Waals surface area contributed by atoms with Gasteiger partial charge >= 0.3 is 5.97 Å². The number of carbonyl (C=O) groups is 2. The Bertz CT molecular complexity index is 1050. The Morgan fingerprint density at radius 2 is 1.83 bits per heavy atom. The largest absolute Gasteiger partial charge is 0.451 e. The van der Waals surface area contributed by atoms with Crippen LogP contribution in [0.3, 0.4) is 0 Å². The van der Waals surface area contributed by atoms with Gasteiger partial charge in [0.05, 0.1) is 16.1 Å². The van der Waals surface area contributed by atoms with Gasteiger partial charge < -0.3 is 4.74 Å². The van der Waals surface area contributed by atoms with Crippen LogP contribution in [0.1, 0.15) is 48.0 Å². The Labute approximate surface area is 170 Å². The molecule has 0 spiro atoms. The molecule has 6 nitrogen and oxygen atoms in total. The van der Waals surface area contributed by atoms with Gasteiger partial charge in [-0.3, -0.25) is 9.10 Å². The molecule has 0 saturated heterocycles. The van der Waals surface area contributed by atoms with E-state index in [2.05, 4.69) is 0 Å². The average molecular weight is 413 g/mol. The van der Waals surface area contributed by atoms with E-state index in [1.165, 1.54) is 28.6 Å². The lowest BCUT2D eigenvalue weighted by atomic mass is 9.96. The highest BCUT2D eigenvalue weighted by Gasteiger charge is 2.30. The van der Waals surface area contributed by atoms with Crippen LogP contribution in [0.15, 0.2) is 53.4 Å². The zero-order chi connectivity index (χ0) is 20.4. The summed E-state index contributed by atoms with van der Waals surface area (Å²) >= 11 is 0. The number of carbonyl (C=O) groups excluding carboxylic acids is 2. The minimum Gasteiger partial charge on any atom is -0.451 e. The molecule has 1 heterocycles. The Morgan fingerprint density at radius 3 is 2.66 bits per heavy atom. The number of ketones is 1. The van der Waals surface area contributed by atoms with Gasteiger partial charge in [-0.25, -0.2) is 13.2 Å². The molecule has 0 unspecified atom stereocenters. The molecule has 1 aliphatic heterocycles. The van der Waals surface area contributed by atoms with Crippen molar-refractivity contribution in [3.63, 3.8) is 0 Å². The maximum absolute atomic E-state index is 13.3. The first-order valence-corrected chi connectivity index (χ1v) is 11.4. The number of ether oxygens (including phenoxy) is 1. The smallest absolute Gasteiger partial charge is 0.338 e. The molecular weight excluding hydrogens is 390 g/mol. The molecule has 2 aromatic carbocycles. The number of Topliss-reactive ketones (excluding diaryl/α,β-unsaturated/α-hetero) is 1. The number of sulfonamides is 1. The average Bonchev–Trinajstić information content (AvgIpc) is 2.75. The number of nitrogens with zero attached hydrogens (tertiary/aromatic N) is 1. The maximum atomic E-state index is 13.3. The van der Waals surface area contributed by atoms with E-state index in [0.29, 0.717) is 25.1 Å². The summed E-state index contributed by atoms with van der Waals surface area (Å²) < 4.78 is 33.3. The molecular formula is C22H23NO5S. The topological polar surface area (TPSA) is 80.8 Å². The first-order chi connectivity index (χ1) is 14.0. The van der Waals surface area contributed by atoms with Crippen molar-refractivity contribution in [2.45, 2.75) is 49.5 Å². The lowest BCUT2D eigenvalue weighted by Crippen LogP contribution is -2.35. The van der Waals surface area contributed by atoms with E-state index in [1.807, 2.05) is 18.2 Å². The van der Waals surface area contributed by atoms with Crippen molar-refractivity contribution in [3.05, 3.63) is 59.7 Å². The Balaban J connectivity index is 1.60. The number of rotatable bonds is 4. The van der Waals surface area contributed by atoms with Crippen molar-refractivity contribution in [1.82, 2.24) is 0 Å². The molecule has 0 N–H and O–H groups in total. The molecule has 0 aromatic heterocycles. The zero-order valence-electron chi connectivity index (χ0n) is 16.0. The molecule has 1 saturated carbocycles. The van der Waals surface area contributed by atoms with E-state index >= 15 is 0 Å². The summed E-state index contributed by atoms with van der Waals surface area (Å²) in [7, 11) is -3.82. The van der Waals surface area contributed by atoms with Crippen molar-refractivity contribution < 1.29 is 22.7 Å². The van der Waals surface area contributed by atoms with Crippen LogP contribution in [0.2, 0.25) is 0 Å². The highest BCUT2D eigenvalue weighted by Crippen LogP contribution is 2.32. The standard InChI is InChI=1S/C22H23NO5S/c24-20-12-3-4-13-21(20)28-22(25)17-8-5-10-18(15-17)29(26,27)23-14-6-9-16-7-1-2-11-19(16)23/h1-2,5,7-8,10-11,15,21H,3-4,6,9,12-14H2/t21-/m1/s1. The minimum atomic E-state index is -3.82. The van der Waals surface area contributed by atoms with Crippen molar-refractivity contribution in [1.29, 1.82) is 0 Å². The summed E-state index contributed by atoms with van der Waals surface area (Å²) in [6.07, 6.45) is 3.44. The van der Waals surface area contributed by atoms with Crippen LogP contribution in [0.5, 0.6) is 0 Å². The molecule has 0 bridgehead atoms. The summed E-state index contributed by atoms with van der Waals surface area (Å²) in [6.45, 7) is 0.393. The van der Waals surface area contributed by atoms with Crippen molar-refractivity contribution in [2.75, 3.05) is 10.8 Å². The monoisotopic (exact) mass is 413 g/mol. The molecule has 2 aromatic rings. The van der Waals surface area contributed by atoms with E-state index < -0.39 is 22.1 Å². The second kappa shape index (κ2) is 7.99. The lowest BCUT2D eigenvalue weighted by molar-refractivity contribution is -0.129. The summed E-state index contributed by atoms with van der Waals surface area (Å²) in [5.74, 6) is -0.736. The zero-order valence-corrected chi connectivity index (χ0v) is 16.9. The molecule has 0 amide bonds. The highest BCUT2D eigenvalue weighted by atomic mass is 32.2. The fourth-order valence-corrected chi connectivity index (χ4v) is 5.52. The van der Waals surface area contributed by atoms with Gasteiger partial charge in [0.25, 0.3) is 10.0 Å². The van der Waals surface area contributed by atoms with E-state index in [9.17, 15) is 18.0 Å². The minimum absolute atomic E-state index is 0.0404. The van der Waals surface area contributed by atoms with Crippen LogP contribution >= 0.6 is 0 Å². The summed E-state index contributed by atoms with van der Waals surface area (Å²) in [5, 5.41) is 0. The third kappa shape index (κ3) is 3.92. The number of hydrogen-bond acceptors (Lipinski definition) is 5. The van der Waals surface area contributed by atoms with Gasteiger partial charge in [0.2, 0.25) is 0 Å². The van der Waals surface area contributed by atoms with Crippen LogP contribution in [0.4, 0.5) is 5.69 Å². The number of anilines is 1. The maximum Gasteiger partial charge on any atom is 0.338 e. The third-order valence-electron chi connectivity index (χ3n) is 5.47. The number of aryl methyl sites for hydroxylation is 1. The van der Waals surface area contributed by atoms with Gasteiger partial charge in [0.15, 0.2) is 11.9 Å². The summed E-state index contributed by atoms with van der Waals surface area (Å²) in [6, 6.07) is 13.3. The predicted octanol–water partition coefficient (Wildman–Crippen LogP) is 3.50. The van der Waals surface area contributed by atoms with Crippen molar-refractivity contribution in [2.24, 2.45) is 0 Å². The predicted molar refractivity (Wildman–Crippen MR) is 108 cm³/mol. The highest BCUT2D eigenvalue weighted by molar-refractivity contribution is 7.92. The van der Waals surface area contributed by atoms with E-state index in [1.54, 1.807) is 6.07 Å². The molecule has 1 atom stereocenters. The molecule has 1 aliphatic carbocycles. The second-order valence-electron chi connectivity index (χ2n) is 7.44. The van der Waals surface area contributed by atoms with E-state index in [-0.39, 0.29) is 16.2 Å². The molecule has 1 fully saturated rings. The van der Waals surface area contributed by atoms with Gasteiger partial charge in [0.1, 0.15) is 0 Å². The lowest BCUT2D eigenvalue weighted by Gasteiger charge is -2.30. The second-order valence-corrected chi connectivity index (χ2v) is 9.31. The molecule has 0 radical (unpaired) electrons. The van der Waals surface area contributed by atoms with Crippen LogP contribution in [0.25, 0.3) is 0 Å². The third-order valence-corrected chi connectivity index (χ3v) is 7.28.